The molecule has 112 valence electrons. The van der Waals surface area contributed by atoms with Crippen LogP contribution in [0.4, 0.5) is 9.18 Å². The summed E-state index contributed by atoms with van der Waals surface area (Å²) >= 11 is 3.14. The van der Waals surface area contributed by atoms with Crippen molar-refractivity contribution in [3.8, 4) is 0 Å². The van der Waals surface area contributed by atoms with Crippen LogP contribution >= 0.6 is 15.9 Å². The summed E-state index contributed by atoms with van der Waals surface area (Å²) in [5.74, 6) is -0.304. The van der Waals surface area contributed by atoms with Crippen LogP contribution < -0.4 is 5.32 Å². The second-order valence-electron chi connectivity index (χ2n) is 5.03. The molecular formula is C14H20BrFN2O2. The molecule has 1 aromatic carbocycles. The highest BCUT2D eigenvalue weighted by Gasteiger charge is 2.14. The molecular weight excluding hydrogens is 327 g/mol. The summed E-state index contributed by atoms with van der Waals surface area (Å²) in [5, 5.41) is 12.1. The van der Waals surface area contributed by atoms with Gasteiger partial charge in [0.1, 0.15) is 5.82 Å². The van der Waals surface area contributed by atoms with Crippen molar-refractivity contribution in [3.05, 3.63) is 34.1 Å². The topological polar surface area (TPSA) is 52.6 Å². The molecule has 0 aromatic heterocycles. The van der Waals surface area contributed by atoms with Crippen molar-refractivity contribution >= 4 is 22.0 Å². The maximum atomic E-state index is 13.1. The Kier molecular flexibility index (Phi) is 6.42. The van der Waals surface area contributed by atoms with Crippen LogP contribution in [0.25, 0.3) is 0 Å². The minimum atomic E-state index is -0.561. The van der Waals surface area contributed by atoms with Crippen molar-refractivity contribution in [1.29, 1.82) is 0 Å². The van der Waals surface area contributed by atoms with Crippen molar-refractivity contribution in [2.75, 3.05) is 13.6 Å². The fourth-order valence-corrected chi connectivity index (χ4v) is 2.30. The molecule has 20 heavy (non-hydrogen) atoms. The van der Waals surface area contributed by atoms with Crippen LogP contribution in [0.1, 0.15) is 19.4 Å². The molecule has 0 bridgehead atoms. The lowest BCUT2D eigenvalue weighted by atomic mass is 10.1. The van der Waals surface area contributed by atoms with E-state index in [2.05, 4.69) is 21.2 Å². The number of hydrogen-bond donors (Lipinski definition) is 2. The van der Waals surface area contributed by atoms with Crippen LogP contribution in [-0.4, -0.2) is 41.8 Å². The van der Waals surface area contributed by atoms with E-state index in [1.807, 2.05) is 6.92 Å². The summed E-state index contributed by atoms with van der Waals surface area (Å²) in [6.07, 6.45) is 0.0433. The molecule has 0 aliphatic carbocycles. The van der Waals surface area contributed by atoms with Crippen LogP contribution in [0.3, 0.4) is 0 Å². The number of rotatable bonds is 5. The first kappa shape index (κ1) is 16.9. The summed E-state index contributed by atoms with van der Waals surface area (Å²) in [4.78, 5) is 13.3. The number of aliphatic hydroxyl groups is 1. The lowest BCUT2D eigenvalue weighted by Gasteiger charge is -2.22. The SMILES string of the molecule is CC(O)CN(C)C(=O)NC(C)Cc1ccc(F)c(Br)c1. The largest absolute Gasteiger partial charge is 0.392 e. The highest BCUT2D eigenvalue weighted by Crippen LogP contribution is 2.17. The number of urea groups is 1. The van der Waals surface area contributed by atoms with Gasteiger partial charge in [0.05, 0.1) is 10.6 Å². The van der Waals surface area contributed by atoms with E-state index in [0.717, 1.165) is 5.56 Å². The summed E-state index contributed by atoms with van der Waals surface area (Å²) in [6.45, 7) is 3.79. The van der Waals surface area contributed by atoms with Gasteiger partial charge >= 0.3 is 6.03 Å². The van der Waals surface area contributed by atoms with Crippen molar-refractivity contribution in [3.63, 3.8) is 0 Å². The first-order valence-electron chi connectivity index (χ1n) is 6.43. The summed E-state index contributed by atoms with van der Waals surface area (Å²) in [7, 11) is 1.63. The summed E-state index contributed by atoms with van der Waals surface area (Å²) in [6, 6.07) is 4.48. The average Bonchev–Trinajstić information content (AvgIpc) is 2.32. The van der Waals surface area contributed by atoms with E-state index in [-0.39, 0.29) is 24.4 Å². The number of aliphatic hydroxyl groups excluding tert-OH is 1. The summed E-state index contributed by atoms with van der Waals surface area (Å²) in [5.41, 5.74) is 0.934. The van der Waals surface area contributed by atoms with E-state index in [0.29, 0.717) is 10.9 Å². The first-order valence-corrected chi connectivity index (χ1v) is 7.22. The van der Waals surface area contributed by atoms with Gasteiger partial charge in [-0.2, -0.15) is 0 Å². The van der Waals surface area contributed by atoms with Crippen molar-refractivity contribution < 1.29 is 14.3 Å². The Morgan fingerprint density at radius 1 is 1.50 bits per heavy atom. The highest BCUT2D eigenvalue weighted by molar-refractivity contribution is 9.10. The molecule has 2 amide bonds. The molecule has 1 aromatic rings. The number of likely N-dealkylation sites (N-methyl/N-ethyl adjacent to an activating group) is 1. The zero-order valence-electron chi connectivity index (χ0n) is 11.9. The van der Waals surface area contributed by atoms with Crippen LogP contribution in [0.2, 0.25) is 0 Å². The number of carbonyl (C=O) groups excluding carboxylic acids is 1. The molecule has 0 aliphatic rings. The molecule has 0 heterocycles. The van der Waals surface area contributed by atoms with Gasteiger partial charge in [-0.3, -0.25) is 0 Å². The number of benzene rings is 1. The zero-order valence-corrected chi connectivity index (χ0v) is 13.4. The van der Waals surface area contributed by atoms with Gasteiger partial charge in [0.2, 0.25) is 0 Å². The Labute approximate surface area is 127 Å². The number of halogens is 2. The maximum Gasteiger partial charge on any atom is 0.317 e. The molecule has 0 saturated carbocycles. The lowest BCUT2D eigenvalue weighted by Crippen LogP contribution is -2.44. The van der Waals surface area contributed by atoms with Gasteiger partial charge in [-0.15, -0.1) is 0 Å². The van der Waals surface area contributed by atoms with E-state index in [1.54, 1.807) is 26.1 Å². The molecule has 2 atom stereocenters. The third kappa shape index (κ3) is 5.46. The fourth-order valence-electron chi connectivity index (χ4n) is 1.87. The first-order chi connectivity index (χ1) is 9.29. The minimum absolute atomic E-state index is 0.0867. The van der Waals surface area contributed by atoms with Gasteiger partial charge in [-0.05, 0) is 53.9 Å². The minimum Gasteiger partial charge on any atom is -0.392 e. The molecule has 0 radical (unpaired) electrons. The predicted octanol–water partition coefficient (Wildman–Crippen LogP) is 2.54. The van der Waals surface area contributed by atoms with Crippen molar-refractivity contribution in [1.82, 2.24) is 10.2 Å². The van der Waals surface area contributed by atoms with Gasteiger partial charge in [0, 0.05) is 19.6 Å². The van der Waals surface area contributed by atoms with Gasteiger partial charge < -0.3 is 15.3 Å². The number of carbonyl (C=O) groups is 1. The second kappa shape index (κ2) is 7.59. The Balaban J connectivity index is 2.52. The number of nitrogens with zero attached hydrogens (tertiary/aromatic N) is 1. The second-order valence-corrected chi connectivity index (χ2v) is 5.89. The number of amides is 2. The standard InChI is InChI=1S/C14H20BrFN2O2/c1-9(17-14(20)18(3)8-10(2)19)6-11-4-5-13(16)12(15)7-11/h4-5,7,9-10,19H,6,8H2,1-3H3,(H,17,20). The van der Waals surface area contributed by atoms with Crippen LogP contribution in [-0.2, 0) is 6.42 Å². The smallest absolute Gasteiger partial charge is 0.317 e. The molecule has 0 aliphatic heterocycles. The monoisotopic (exact) mass is 346 g/mol. The highest BCUT2D eigenvalue weighted by atomic mass is 79.9. The Morgan fingerprint density at radius 2 is 2.15 bits per heavy atom. The quantitative estimate of drug-likeness (QED) is 0.860. The van der Waals surface area contributed by atoms with Gasteiger partial charge in [-0.25, -0.2) is 9.18 Å². The molecule has 0 spiro atoms. The molecule has 4 nitrogen and oxygen atoms in total. The van der Waals surface area contributed by atoms with Gasteiger partial charge in [0.15, 0.2) is 0 Å². The normalized spacial score (nSPS) is 13.7. The van der Waals surface area contributed by atoms with Crippen LogP contribution in [0, 0.1) is 5.82 Å². The van der Waals surface area contributed by atoms with E-state index in [4.69, 9.17) is 0 Å². The molecule has 6 heteroatoms. The fraction of sp³-hybridized carbons (Fsp3) is 0.500. The molecule has 2 N–H and O–H groups in total. The summed E-state index contributed by atoms with van der Waals surface area (Å²) < 4.78 is 13.5. The number of hydrogen-bond acceptors (Lipinski definition) is 2. The Hall–Kier alpha value is -1.14. The van der Waals surface area contributed by atoms with Crippen molar-refractivity contribution in [2.24, 2.45) is 0 Å². The third-order valence-electron chi connectivity index (χ3n) is 2.78. The van der Waals surface area contributed by atoms with E-state index in [1.165, 1.54) is 11.0 Å². The van der Waals surface area contributed by atoms with E-state index < -0.39 is 6.10 Å². The average molecular weight is 347 g/mol. The predicted molar refractivity (Wildman–Crippen MR) is 80.1 cm³/mol. The van der Waals surface area contributed by atoms with Gasteiger partial charge in [-0.1, -0.05) is 6.07 Å². The van der Waals surface area contributed by atoms with E-state index >= 15 is 0 Å². The molecule has 0 fully saturated rings. The van der Waals surface area contributed by atoms with Crippen molar-refractivity contribution in [2.45, 2.75) is 32.4 Å². The molecule has 1 rings (SSSR count). The van der Waals surface area contributed by atoms with Crippen LogP contribution in [0.15, 0.2) is 22.7 Å². The Bertz CT molecular complexity index is 468. The Morgan fingerprint density at radius 3 is 2.70 bits per heavy atom. The molecule has 0 saturated heterocycles. The third-order valence-corrected chi connectivity index (χ3v) is 3.39. The number of nitrogens with one attached hydrogen (secondary N) is 1. The maximum absolute atomic E-state index is 13.1. The lowest BCUT2D eigenvalue weighted by molar-refractivity contribution is 0.142. The zero-order chi connectivity index (χ0) is 15.3. The van der Waals surface area contributed by atoms with E-state index in [9.17, 15) is 14.3 Å². The van der Waals surface area contributed by atoms with Crippen LogP contribution in [0.5, 0.6) is 0 Å². The van der Waals surface area contributed by atoms with Gasteiger partial charge in [0.25, 0.3) is 0 Å². The molecule has 2 unspecified atom stereocenters.